The van der Waals surface area contributed by atoms with Crippen molar-refractivity contribution in [1.82, 2.24) is 4.90 Å². The third-order valence-electron chi connectivity index (χ3n) is 5.33. The number of carboxylic acid groups (broad SMARTS) is 1. The van der Waals surface area contributed by atoms with E-state index in [1.807, 2.05) is 17.5 Å². The van der Waals surface area contributed by atoms with Gasteiger partial charge in [-0.15, -0.1) is 11.3 Å². The minimum Gasteiger partial charge on any atom is -0.478 e. The van der Waals surface area contributed by atoms with Gasteiger partial charge in [0, 0.05) is 17.0 Å². The lowest BCUT2D eigenvalue weighted by molar-refractivity contribution is -0.129. The number of amidine groups is 1. The Morgan fingerprint density at radius 3 is 2.41 bits per heavy atom. The van der Waals surface area contributed by atoms with Crippen molar-refractivity contribution in [3.8, 4) is 0 Å². The van der Waals surface area contributed by atoms with Gasteiger partial charge in [0.25, 0.3) is 0 Å². The molecule has 2 amide bonds. The third-order valence-corrected chi connectivity index (χ3v) is 7.38. The van der Waals surface area contributed by atoms with Gasteiger partial charge in [0.1, 0.15) is 5.25 Å². The normalized spacial score (nSPS) is 16.5. The maximum atomic E-state index is 13.2. The summed E-state index contributed by atoms with van der Waals surface area (Å²) in [5.41, 5.74) is 1.44. The summed E-state index contributed by atoms with van der Waals surface area (Å²) in [6.07, 6.45) is -0.0180. The highest BCUT2D eigenvalue weighted by atomic mass is 32.2. The van der Waals surface area contributed by atoms with Crippen molar-refractivity contribution in [2.24, 2.45) is 4.99 Å². The highest BCUT2D eigenvalue weighted by Gasteiger charge is 2.36. The molecule has 2 N–H and O–H groups in total. The van der Waals surface area contributed by atoms with E-state index in [0.717, 1.165) is 4.88 Å². The molecule has 1 atom stereocenters. The molecule has 0 aliphatic carbocycles. The third kappa shape index (κ3) is 6.63. The number of hydrogen-bond donors (Lipinski definition) is 2. The van der Waals surface area contributed by atoms with E-state index in [-0.39, 0.29) is 30.4 Å². The number of thiophene rings is 1. The molecule has 1 unspecified atom stereocenters. The van der Waals surface area contributed by atoms with Gasteiger partial charge in [-0.05, 0) is 66.9 Å². The fourth-order valence-corrected chi connectivity index (χ4v) is 5.26. The van der Waals surface area contributed by atoms with Gasteiger partial charge in [-0.2, -0.15) is 0 Å². The van der Waals surface area contributed by atoms with E-state index in [4.69, 9.17) is 9.84 Å². The zero-order chi connectivity index (χ0) is 26.4. The van der Waals surface area contributed by atoms with Gasteiger partial charge in [0.15, 0.2) is 5.17 Å². The topological polar surface area (TPSA) is 125 Å². The van der Waals surface area contributed by atoms with Crippen molar-refractivity contribution in [2.45, 2.75) is 25.1 Å². The summed E-state index contributed by atoms with van der Waals surface area (Å²) in [6.45, 7) is 2.33. The van der Waals surface area contributed by atoms with Crippen LogP contribution < -0.4 is 5.32 Å². The van der Waals surface area contributed by atoms with E-state index in [9.17, 15) is 19.2 Å². The maximum Gasteiger partial charge on any atom is 0.338 e. The Balaban J connectivity index is 1.56. The van der Waals surface area contributed by atoms with Gasteiger partial charge in [-0.25, -0.2) is 14.6 Å². The Morgan fingerprint density at radius 1 is 1.08 bits per heavy atom. The summed E-state index contributed by atoms with van der Waals surface area (Å²) in [6, 6.07) is 16.1. The fraction of sp³-hybridized carbons (Fsp3) is 0.192. The molecule has 1 aliphatic rings. The van der Waals surface area contributed by atoms with Crippen molar-refractivity contribution in [3.63, 3.8) is 0 Å². The molecule has 1 saturated heterocycles. The van der Waals surface area contributed by atoms with Crippen LogP contribution in [0.15, 0.2) is 71.0 Å². The molecular formula is C26H23N3O6S2. The molecule has 9 nitrogen and oxygen atoms in total. The molecular weight excluding hydrogens is 514 g/mol. The zero-order valence-corrected chi connectivity index (χ0v) is 21.4. The lowest BCUT2D eigenvalue weighted by Gasteiger charge is -2.31. The van der Waals surface area contributed by atoms with Crippen molar-refractivity contribution < 1.29 is 29.0 Å². The number of thioether (sulfide) groups is 1. The molecule has 190 valence electrons. The predicted molar refractivity (Wildman–Crippen MR) is 142 cm³/mol. The van der Waals surface area contributed by atoms with E-state index in [1.165, 1.54) is 47.4 Å². The first-order valence-electron chi connectivity index (χ1n) is 11.3. The molecule has 2 aromatic carbocycles. The van der Waals surface area contributed by atoms with E-state index in [0.29, 0.717) is 28.7 Å². The molecule has 3 aromatic rings. The van der Waals surface area contributed by atoms with Crippen LogP contribution in [0.5, 0.6) is 0 Å². The molecule has 0 bridgehead atoms. The molecule has 0 radical (unpaired) electrons. The molecule has 2 heterocycles. The van der Waals surface area contributed by atoms with Gasteiger partial charge < -0.3 is 15.2 Å². The largest absolute Gasteiger partial charge is 0.478 e. The van der Waals surface area contributed by atoms with Crippen LogP contribution in [0.25, 0.3) is 0 Å². The number of nitrogens with zero attached hydrogens (tertiary/aromatic N) is 2. The zero-order valence-electron chi connectivity index (χ0n) is 19.7. The highest BCUT2D eigenvalue weighted by molar-refractivity contribution is 8.15. The molecule has 0 saturated carbocycles. The monoisotopic (exact) mass is 537 g/mol. The summed E-state index contributed by atoms with van der Waals surface area (Å²) in [4.78, 5) is 56.3. The standard InChI is InChI=1S/C26H23N3O6S2/c1-2-35-25(34)17-7-11-19(12-8-17)28-26-29(15-20-4-3-13-36-20)22(30)14-21(37-26)23(31)27-18-9-5-16(6-10-18)24(32)33/h3-13,21H,2,14-15H2,1H3,(H,27,31)(H,32,33). The quantitative estimate of drug-likeness (QED) is 0.396. The van der Waals surface area contributed by atoms with E-state index in [1.54, 1.807) is 36.1 Å². The molecule has 1 aliphatic heterocycles. The van der Waals surface area contributed by atoms with Crippen molar-refractivity contribution in [3.05, 3.63) is 82.0 Å². The fourth-order valence-electron chi connectivity index (χ4n) is 3.47. The summed E-state index contributed by atoms with van der Waals surface area (Å²) in [5, 5.41) is 13.4. The highest BCUT2D eigenvalue weighted by Crippen LogP contribution is 2.31. The Labute approximate surface area is 221 Å². The number of hydrogen-bond acceptors (Lipinski definition) is 8. The number of ether oxygens (including phenoxy) is 1. The minimum absolute atomic E-state index is 0.0180. The second-order valence-electron chi connectivity index (χ2n) is 7.90. The number of anilines is 1. The number of carbonyl (C=O) groups excluding carboxylic acids is 3. The van der Waals surface area contributed by atoms with Crippen LogP contribution in [-0.2, 0) is 20.9 Å². The van der Waals surface area contributed by atoms with Crippen LogP contribution in [0, 0.1) is 0 Å². The first-order chi connectivity index (χ1) is 17.8. The summed E-state index contributed by atoms with van der Waals surface area (Å²) in [7, 11) is 0. The summed E-state index contributed by atoms with van der Waals surface area (Å²) in [5.74, 6) is -2.12. The van der Waals surface area contributed by atoms with Crippen LogP contribution in [0.2, 0.25) is 0 Å². The summed E-state index contributed by atoms with van der Waals surface area (Å²) < 4.78 is 5.01. The van der Waals surface area contributed by atoms with E-state index < -0.39 is 17.2 Å². The summed E-state index contributed by atoms with van der Waals surface area (Å²) >= 11 is 2.69. The van der Waals surface area contributed by atoms with Gasteiger partial charge in [-0.1, -0.05) is 17.8 Å². The van der Waals surface area contributed by atoms with Crippen LogP contribution in [0.3, 0.4) is 0 Å². The SMILES string of the molecule is CCOC(=O)c1ccc(N=C2SC(C(=O)Nc3ccc(C(=O)O)cc3)CC(=O)N2Cc2cccs2)cc1. The second-order valence-corrected chi connectivity index (χ2v) is 10.1. The van der Waals surface area contributed by atoms with Gasteiger partial charge in [0.2, 0.25) is 11.8 Å². The number of rotatable bonds is 8. The Morgan fingerprint density at radius 2 is 1.78 bits per heavy atom. The molecule has 11 heteroatoms. The number of carboxylic acids is 1. The minimum atomic E-state index is -1.06. The van der Waals surface area contributed by atoms with Gasteiger partial charge in [0.05, 0.1) is 30.0 Å². The number of benzene rings is 2. The molecule has 37 heavy (non-hydrogen) atoms. The number of nitrogens with one attached hydrogen (secondary N) is 1. The molecule has 1 fully saturated rings. The van der Waals surface area contributed by atoms with Crippen molar-refractivity contribution in [1.29, 1.82) is 0 Å². The van der Waals surface area contributed by atoms with Crippen LogP contribution in [0.1, 0.15) is 38.9 Å². The van der Waals surface area contributed by atoms with E-state index in [2.05, 4.69) is 10.3 Å². The maximum absolute atomic E-state index is 13.2. The number of aliphatic imine (C=N–C) groups is 1. The molecule has 0 spiro atoms. The predicted octanol–water partition coefficient (Wildman–Crippen LogP) is 4.78. The Bertz CT molecular complexity index is 1320. The first-order valence-corrected chi connectivity index (χ1v) is 13.1. The van der Waals surface area contributed by atoms with Crippen molar-refractivity contribution in [2.75, 3.05) is 11.9 Å². The van der Waals surface area contributed by atoms with Crippen LogP contribution >= 0.6 is 23.1 Å². The smallest absolute Gasteiger partial charge is 0.338 e. The average Bonchev–Trinajstić information content (AvgIpc) is 3.40. The Hall–Kier alpha value is -3.96. The first kappa shape index (κ1) is 26.1. The van der Waals surface area contributed by atoms with Gasteiger partial charge >= 0.3 is 11.9 Å². The number of esters is 1. The second kappa shape index (κ2) is 11.8. The number of carbonyl (C=O) groups is 4. The van der Waals surface area contributed by atoms with Crippen LogP contribution in [-0.4, -0.2) is 50.8 Å². The Kier molecular flexibility index (Phi) is 8.36. The van der Waals surface area contributed by atoms with Gasteiger partial charge in [-0.3, -0.25) is 14.5 Å². The lowest BCUT2D eigenvalue weighted by atomic mass is 10.2. The number of amides is 2. The average molecular weight is 538 g/mol. The molecule has 1 aromatic heterocycles. The van der Waals surface area contributed by atoms with Crippen molar-refractivity contribution >= 4 is 63.4 Å². The number of aromatic carboxylic acids is 1. The van der Waals surface area contributed by atoms with Crippen LogP contribution in [0.4, 0.5) is 11.4 Å². The van der Waals surface area contributed by atoms with E-state index >= 15 is 0 Å². The lowest BCUT2D eigenvalue weighted by Crippen LogP contribution is -2.44. The molecule has 4 rings (SSSR count).